The molecule has 2 N–H and O–H groups in total. The molecule has 0 aromatic carbocycles. The van der Waals surface area contributed by atoms with Gasteiger partial charge in [0.15, 0.2) is 12.0 Å². The molecule has 5 atom stereocenters. The summed E-state index contributed by atoms with van der Waals surface area (Å²) < 4.78 is 37.6. The number of carbonyl (C=O) groups is 2. The van der Waals surface area contributed by atoms with E-state index in [1.54, 1.807) is 34.6 Å². The number of carbonyl (C=O) groups excluding carboxylic acids is 2. The fourth-order valence-corrected chi connectivity index (χ4v) is 3.69. The average Bonchev–Trinajstić information content (AvgIpc) is 3.19. The van der Waals surface area contributed by atoms with Gasteiger partial charge in [-0.2, -0.15) is 4.39 Å². The number of halogens is 1. The molecule has 0 unspecified atom stereocenters. The molecule has 0 bridgehead atoms. The molecule has 0 aliphatic carbocycles. The molecule has 11 nitrogen and oxygen atoms in total. The maximum atomic E-state index is 13.8. The minimum absolute atomic E-state index is 0.212. The number of esters is 1. The molecule has 0 spiro atoms. The van der Waals surface area contributed by atoms with E-state index in [0.717, 1.165) is 10.8 Å². The molecule has 0 saturated carbocycles. The van der Waals surface area contributed by atoms with E-state index in [4.69, 9.17) is 18.9 Å². The van der Waals surface area contributed by atoms with Crippen LogP contribution in [0.2, 0.25) is 0 Å². The molecular formula is C20H28FN3O8. The summed E-state index contributed by atoms with van der Waals surface area (Å²) in [6.45, 7) is 8.29. The van der Waals surface area contributed by atoms with Gasteiger partial charge in [-0.15, -0.1) is 0 Å². The van der Waals surface area contributed by atoms with E-state index in [9.17, 15) is 23.6 Å². The van der Waals surface area contributed by atoms with Gasteiger partial charge >= 0.3 is 11.7 Å². The molecule has 2 fully saturated rings. The van der Waals surface area contributed by atoms with E-state index in [1.165, 1.54) is 0 Å². The van der Waals surface area contributed by atoms with Crippen molar-refractivity contribution in [1.82, 2.24) is 14.9 Å². The first-order valence-electron chi connectivity index (χ1n) is 10.4. The van der Waals surface area contributed by atoms with Crippen molar-refractivity contribution in [2.45, 2.75) is 77.4 Å². The Bertz CT molecular complexity index is 988. The lowest BCUT2D eigenvalue weighted by Crippen LogP contribution is -2.46. The highest BCUT2D eigenvalue weighted by molar-refractivity contribution is 5.84. The third-order valence-corrected chi connectivity index (χ3v) is 5.27. The van der Waals surface area contributed by atoms with Crippen LogP contribution < -0.4 is 16.6 Å². The Balaban J connectivity index is 1.78. The summed E-state index contributed by atoms with van der Waals surface area (Å²) in [6, 6.07) is -0.844. The molecule has 32 heavy (non-hydrogen) atoms. The van der Waals surface area contributed by atoms with Gasteiger partial charge in [0.1, 0.15) is 31.0 Å². The van der Waals surface area contributed by atoms with Crippen LogP contribution in [0, 0.1) is 11.7 Å². The molecule has 178 valence electrons. The second kappa shape index (κ2) is 9.12. The maximum Gasteiger partial charge on any atom is 0.330 e. The monoisotopic (exact) mass is 457 g/mol. The molecule has 1 amide bonds. The fourth-order valence-electron chi connectivity index (χ4n) is 3.69. The van der Waals surface area contributed by atoms with Crippen LogP contribution in [0.4, 0.5) is 4.39 Å². The van der Waals surface area contributed by atoms with Crippen LogP contribution in [0.1, 0.15) is 47.3 Å². The number of rotatable bonds is 7. The lowest BCUT2D eigenvalue weighted by atomic mass is 10.0. The number of nitrogens with zero attached hydrogens (tertiary/aromatic N) is 1. The average molecular weight is 457 g/mol. The Morgan fingerprint density at radius 3 is 2.56 bits per heavy atom. The number of nitrogens with one attached hydrogen (secondary N) is 2. The van der Waals surface area contributed by atoms with Crippen molar-refractivity contribution >= 4 is 11.9 Å². The van der Waals surface area contributed by atoms with Crippen LogP contribution >= 0.6 is 0 Å². The van der Waals surface area contributed by atoms with E-state index >= 15 is 0 Å². The summed E-state index contributed by atoms with van der Waals surface area (Å²) in [6.07, 6.45) is -2.55. The molecular weight excluding hydrogens is 429 g/mol. The fraction of sp³-hybridized carbons (Fsp3) is 0.700. The van der Waals surface area contributed by atoms with Gasteiger partial charge in [0.05, 0.1) is 6.20 Å². The summed E-state index contributed by atoms with van der Waals surface area (Å²) in [5.74, 6) is -3.33. The van der Waals surface area contributed by atoms with Gasteiger partial charge in [-0.05, 0) is 19.8 Å². The van der Waals surface area contributed by atoms with E-state index in [1.807, 2.05) is 4.98 Å². The van der Waals surface area contributed by atoms with Crippen molar-refractivity contribution in [1.29, 1.82) is 0 Å². The van der Waals surface area contributed by atoms with Crippen molar-refractivity contribution in [3.05, 3.63) is 32.9 Å². The molecule has 12 heteroatoms. The van der Waals surface area contributed by atoms with Crippen LogP contribution in [-0.2, 0) is 28.5 Å². The minimum atomic E-state index is -1.16. The predicted molar refractivity (Wildman–Crippen MR) is 107 cm³/mol. The molecule has 1 aromatic heterocycles. The Morgan fingerprint density at radius 2 is 1.94 bits per heavy atom. The quantitative estimate of drug-likeness (QED) is 0.554. The van der Waals surface area contributed by atoms with Crippen LogP contribution in [0.5, 0.6) is 0 Å². The zero-order chi connectivity index (χ0) is 23.8. The smallest absolute Gasteiger partial charge is 0.330 e. The molecule has 2 aliphatic rings. The van der Waals surface area contributed by atoms with E-state index in [2.05, 4.69) is 5.32 Å². The summed E-state index contributed by atoms with van der Waals surface area (Å²) in [5, 5.41) is 2.62. The first-order valence-corrected chi connectivity index (χ1v) is 10.4. The zero-order valence-electron chi connectivity index (χ0n) is 18.5. The van der Waals surface area contributed by atoms with E-state index in [-0.39, 0.29) is 24.9 Å². The summed E-state index contributed by atoms with van der Waals surface area (Å²) in [7, 11) is 0. The van der Waals surface area contributed by atoms with Gasteiger partial charge in [-0.1, -0.05) is 20.8 Å². The van der Waals surface area contributed by atoms with Crippen molar-refractivity contribution in [3.63, 3.8) is 0 Å². The van der Waals surface area contributed by atoms with Crippen LogP contribution in [0.25, 0.3) is 0 Å². The van der Waals surface area contributed by atoms with Gasteiger partial charge in [-0.3, -0.25) is 19.1 Å². The number of aromatic nitrogens is 2. The minimum Gasteiger partial charge on any atom is -0.461 e. The number of hydrogen-bond acceptors (Lipinski definition) is 8. The first kappa shape index (κ1) is 24.1. The standard InChI is InChI=1S/C20H28FN3O8/c1-6-12(25)22-13(9(2)3)18(27)29-8-11-14-15(32-20(4,5)31-14)17(30-11)24-7-10(21)16(26)23-19(24)28/h7,9,11,13-15,17H,6,8H2,1-5H3,(H,22,25)(H,23,26,28)/t11-,13+,14-,15-,17-/m1/s1. The lowest BCUT2D eigenvalue weighted by molar-refractivity contribution is -0.203. The van der Waals surface area contributed by atoms with Crippen molar-refractivity contribution in [2.24, 2.45) is 5.92 Å². The van der Waals surface area contributed by atoms with Crippen LogP contribution in [0.15, 0.2) is 15.8 Å². The van der Waals surface area contributed by atoms with E-state index < -0.39 is 59.4 Å². The van der Waals surface area contributed by atoms with Gasteiger partial charge < -0.3 is 24.3 Å². The molecule has 2 saturated heterocycles. The summed E-state index contributed by atoms with van der Waals surface area (Å²) >= 11 is 0. The number of amides is 1. The van der Waals surface area contributed by atoms with Crippen molar-refractivity contribution in [3.8, 4) is 0 Å². The normalized spacial score (nSPS) is 27.2. The Labute approximate surface area is 183 Å². The Hall–Kier alpha value is -2.57. The number of hydrogen-bond donors (Lipinski definition) is 2. The highest BCUT2D eigenvalue weighted by Gasteiger charge is 2.56. The third-order valence-electron chi connectivity index (χ3n) is 5.27. The van der Waals surface area contributed by atoms with Gasteiger partial charge in [-0.25, -0.2) is 9.59 Å². The second-order valence-corrected chi connectivity index (χ2v) is 8.55. The number of fused-ring (bicyclic) bond motifs is 1. The summed E-state index contributed by atoms with van der Waals surface area (Å²) in [4.78, 5) is 49.8. The molecule has 2 aliphatic heterocycles. The topological polar surface area (TPSA) is 138 Å². The summed E-state index contributed by atoms with van der Waals surface area (Å²) in [5.41, 5.74) is -2.03. The molecule has 0 radical (unpaired) electrons. The van der Waals surface area contributed by atoms with E-state index in [0.29, 0.717) is 0 Å². The predicted octanol–water partition coefficient (Wildman–Crippen LogP) is 0.187. The maximum absolute atomic E-state index is 13.8. The van der Waals surface area contributed by atoms with Crippen molar-refractivity contribution in [2.75, 3.05) is 6.61 Å². The van der Waals surface area contributed by atoms with Gasteiger partial charge in [0.2, 0.25) is 11.7 Å². The Morgan fingerprint density at radius 1 is 1.28 bits per heavy atom. The second-order valence-electron chi connectivity index (χ2n) is 8.55. The highest BCUT2D eigenvalue weighted by atomic mass is 19.1. The van der Waals surface area contributed by atoms with Crippen LogP contribution in [-0.4, -0.2) is 58.2 Å². The third kappa shape index (κ3) is 4.92. The highest BCUT2D eigenvalue weighted by Crippen LogP contribution is 2.42. The SMILES string of the molecule is CCC(=O)N[C@H](C(=O)OC[C@H]1O[C@@H](n2cc(F)c(=O)[nH]c2=O)[C@@H]2OC(C)(C)O[C@@H]21)C(C)C. The van der Waals surface area contributed by atoms with Gasteiger partial charge in [0.25, 0.3) is 5.56 Å². The molecule has 1 aromatic rings. The number of aromatic amines is 1. The van der Waals surface area contributed by atoms with Crippen molar-refractivity contribution < 1.29 is 32.9 Å². The largest absolute Gasteiger partial charge is 0.461 e. The zero-order valence-corrected chi connectivity index (χ0v) is 18.5. The Kier molecular flexibility index (Phi) is 6.86. The molecule has 3 rings (SSSR count). The first-order chi connectivity index (χ1) is 14.9. The lowest BCUT2D eigenvalue weighted by Gasteiger charge is -2.25. The van der Waals surface area contributed by atoms with Gasteiger partial charge in [0, 0.05) is 6.42 Å². The number of ether oxygens (including phenoxy) is 4. The molecule has 3 heterocycles. The number of H-pyrrole nitrogens is 1. The van der Waals surface area contributed by atoms with Crippen LogP contribution in [0.3, 0.4) is 0 Å².